The minimum Gasteiger partial charge on any atom is -0.192 e. The predicted octanol–water partition coefficient (Wildman–Crippen LogP) is 3.64. The van der Waals surface area contributed by atoms with E-state index in [2.05, 4.69) is 26.0 Å². The van der Waals surface area contributed by atoms with Crippen LogP contribution in [0.3, 0.4) is 0 Å². The second kappa shape index (κ2) is 3.43. The van der Waals surface area contributed by atoms with E-state index in [1.54, 1.807) is 11.3 Å². The minimum absolute atomic E-state index is 0.793. The Hall–Kier alpha value is -1.33. The number of fused-ring (bicyclic) bond motifs is 1. The van der Waals surface area contributed by atoms with E-state index in [0.717, 1.165) is 17.4 Å². The molecular formula is C12H11NS. The molecule has 0 bridgehead atoms. The molecule has 2 rings (SSSR count). The highest BCUT2D eigenvalue weighted by Gasteiger charge is 2.06. The monoisotopic (exact) mass is 201 g/mol. The van der Waals surface area contributed by atoms with Gasteiger partial charge < -0.3 is 0 Å². The van der Waals surface area contributed by atoms with Crippen LogP contribution in [0, 0.1) is 18.3 Å². The van der Waals surface area contributed by atoms with Crippen LogP contribution in [0.4, 0.5) is 0 Å². The summed E-state index contributed by atoms with van der Waals surface area (Å²) in [5, 5.41) is 10.1. The molecule has 0 aliphatic rings. The van der Waals surface area contributed by atoms with Crippen LogP contribution in [0.25, 0.3) is 10.1 Å². The molecule has 1 aromatic heterocycles. The van der Waals surface area contributed by atoms with Gasteiger partial charge in [-0.05, 0) is 31.0 Å². The average molecular weight is 201 g/mol. The summed E-state index contributed by atoms with van der Waals surface area (Å²) in [5.41, 5.74) is 2.06. The molecule has 0 aliphatic carbocycles. The molecule has 0 spiro atoms. The molecule has 0 aliphatic heterocycles. The van der Waals surface area contributed by atoms with Gasteiger partial charge in [0, 0.05) is 15.0 Å². The zero-order chi connectivity index (χ0) is 10.1. The van der Waals surface area contributed by atoms with Crippen molar-refractivity contribution in [2.24, 2.45) is 0 Å². The van der Waals surface area contributed by atoms with Crippen LogP contribution in [-0.4, -0.2) is 0 Å². The summed E-state index contributed by atoms with van der Waals surface area (Å²) >= 11 is 1.80. The van der Waals surface area contributed by atoms with Crippen LogP contribution >= 0.6 is 11.3 Å². The lowest BCUT2D eigenvalue weighted by Crippen LogP contribution is -1.77. The molecule has 0 fully saturated rings. The van der Waals surface area contributed by atoms with Crippen molar-refractivity contribution in [3.05, 3.63) is 34.2 Å². The van der Waals surface area contributed by atoms with Crippen molar-refractivity contribution in [3.8, 4) is 6.07 Å². The SMILES string of the molecule is CCc1cc2c(C#N)ccc(C)c2s1. The topological polar surface area (TPSA) is 23.8 Å². The van der Waals surface area contributed by atoms with E-state index in [-0.39, 0.29) is 0 Å². The van der Waals surface area contributed by atoms with Crippen molar-refractivity contribution in [2.45, 2.75) is 20.3 Å². The molecule has 70 valence electrons. The van der Waals surface area contributed by atoms with Gasteiger partial charge in [0.05, 0.1) is 11.6 Å². The van der Waals surface area contributed by atoms with Crippen LogP contribution < -0.4 is 0 Å². The van der Waals surface area contributed by atoms with Crippen molar-refractivity contribution < 1.29 is 0 Å². The summed E-state index contributed by atoms with van der Waals surface area (Å²) in [6.45, 7) is 4.24. The van der Waals surface area contributed by atoms with E-state index in [0.29, 0.717) is 0 Å². The smallest absolute Gasteiger partial charge is 0.0998 e. The highest BCUT2D eigenvalue weighted by Crippen LogP contribution is 2.31. The van der Waals surface area contributed by atoms with Crippen LogP contribution in [0.2, 0.25) is 0 Å². The van der Waals surface area contributed by atoms with Gasteiger partial charge >= 0.3 is 0 Å². The second-order valence-electron chi connectivity index (χ2n) is 3.35. The normalized spacial score (nSPS) is 10.4. The Morgan fingerprint density at radius 2 is 2.21 bits per heavy atom. The molecule has 1 nitrogen and oxygen atoms in total. The first-order valence-electron chi connectivity index (χ1n) is 4.68. The van der Waals surface area contributed by atoms with Gasteiger partial charge in [-0.2, -0.15) is 5.26 Å². The molecule has 1 aromatic carbocycles. The lowest BCUT2D eigenvalue weighted by molar-refractivity contribution is 1.19. The van der Waals surface area contributed by atoms with E-state index in [1.807, 2.05) is 12.1 Å². The second-order valence-corrected chi connectivity index (χ2v) is 4.49. The quantitative estimate of drug-likeness (QED) is 0.691. The predicted molar refractivity (Wildman–Crippen MR) is 60.7 cm³/mol. The zero-order valence-corrected chi connectivity index (χ0v) is 9.11. The van der Waals surface area contributed by atoms with E-state index in [1.165, 1.54) is 15.1 Å². The summed E-state index contributed by atoms with van der Waals surface area (Å²) in [7, 11) is 0. The first-order chi connectivity index (χ1) is 6.76. The lowest BCUT2D eigenvalue weighted by Gasteiger charge is -1.95. The van der Waals surface area contributed by atoms with Gasteiger partial charge in [-0.15, -0.1) is 11.3 Å². The minimum atomic E-state index is 0.793. The number of benzene rings is 1. The van der Waals surface area contributed by atoms with Crippen LogP contribution in [0.5, 0.6) is 0 Å². The van der Waals surface area contributed by atoms with Gasteiger partial charge in [-0.25, -0.2) is 0 Å². The summed E-state index contributed by atoms with van der Waals surface area (Å²) < 4.78 is 1.26. The summed E-state index contributed by atoms with van der Waals surface area (Å²) in [4.78, 5) is 1.35. The molecule has 2 aromatic rings. The fourth-order valence-electron chi connectivity index (χ4n) is 1.58. The van der Waals surface area contributed by atoms with Crippen LogP contribution in [0.15, 0.2) is 18.2 Å². The van der Waals surface area contributed by atoms with Crippen LogP contribution in [-0.2, 0) is 6.42 Å². The maximum Gasteiger partial charge on any atom is 0.0998 e. The van der Waals surface area contributed by atoms with Crippen molar-refractivity contribution >= 4 is 21.4 Å². The largest absolute Gasteiger partial charge is 0.192 e. The number of nitrogens with zero attached hydrogens (tertiary/aromatic N) is 1. The molecule has 0 radical (unpaired) electrons. The van der Waals surface area contributed by atoms with Gasteiger partial charge in [0.15, 0.2) is 0 Å². The van der Waals surface area contributed by atoms with E-state index in [4.69, 9.17) is 5.26 Å². The number of thiophene rings is 1. The molecule has 2 heteroatoms. The zero-order valence-electron chi connectivity index (χ0n) is 8.29. The highest BCUT2D eigenvalue weighted by atomic mass is 32.1. The van der Waals surface area contributed by atoms with Crippen molar-refractivity contribution in [3.63, 3.8) is 0 Å². The number of aryl methyl sites for hydroxylation is 2. The van der Waals surface area contributed by atoms with Crippen molar-refractivity contribution in [2.75, 3.05) is 0 Å². The van der Waals surface area contributed by atoms with Gasteiger partial charge in [0.2, 0.25) is 0 Å². The molecule has 0 atom stereocenters. The fraction of sp³-hybridized carbons (Fsp3) is 0.250. The number of hydrogen-bond donors (Lipinski definition) is 0. The Balaban J connectivity index is 2.83. The Kier molecular flexibility index (Phi) is 2.26. The van der Waals surface area contributed by atoms with Gasteiger partial charge in [0.1, 0.15) is 0 Å². The maximum absolute atomic E-state index is 8.96. The Morgan fingerprint density at radius 3 is 2.86 bits per heavy atom. The molecule has 0 saturated carbocycles. The molecule has 0 unspecified atom stereocenters. The molecular weight excluding hydrogens is 190 g/mol. The standard InChI is InChI=1S/C12H11NS/c1-3-10-6-11-9(7-13)5-4-8(2)12(11)14-10/h4-6H,3H2,1-2H3. The Bertz CT molecular complexity index is 517. The number of rotatable bonds is 1. The van der Waals surface area contributed by atoms with E-state index in [9.17, 15) is 0 Å². The third-order valence-electron chi connectivity index (χ3n) is 2.40. The third kappa shape index (κ3) is 1.30. The first-order valence-corrected chi connectivity index (χ1v) is 5.50. The Labute approximate surface area is 87.6 Å². The lowest BCUT2D eigenvalue weighted by atomic mass is 10.1. The Morgan fingerprint density at radius 1 is 1.43 bits per heavy atom. The number of nitriles is 1. The fourth-order valence-corrected chi connectivity index (χ4v) is 2.67. The van der Waals surface area contributed by atoms with E-state index < -0.39 is 0 Å². The van der Waals surface area contributed by atoms with E-state index >= 15 is 0 Å². The molecule has 0 N–H and O–H groups in total. The summed E-state index contributed by atoms with van der Waals surface area (Å²) in [6, 6.07) is 8.32. The molecule has 1 heterocycles. The molecule has 14 heavy (non-hydrogen) atoms. The van der Waals surface area contributed by atoms with Gasteiger partial charge in [-0.1, -0.05) is 13.0 Å². The molecule has 0 saturated heterocycles. The third-order valence-corrected chi connectivity index (χ3v) is 3.82. The first kappa shape index (κ1) is 9.23. The van der Waals surface area contributed by atoms with Crippen LogP contribution in [0.1, 0.15) is 22.9 Å². The van der Waals surface area contributed by atoms with Crippen molar-refractivity contribution in [1.82, 2.24) is 0 Å². The average Bonchev–Trinajstić information content (AvgIpc) is 2.63. The van der Waals surface area contributed by atoms with Crippen molar-refractivity contribution in [1.29, 1.82) is 5.26 Å². The highest BCUT2D eigenvalue weighted by molar-refractivity contribution is 7.19. The summed E-state index contributed by atoms with van der Waals surface area (Å²) in [6.07, 6.45) is 1.05. The molecule has 0 amide bonds. The van der Waals surface area contributed by atoms with Gasteiger partial charge in [0.25, 0.3) is 0 Å². The summed E-state index contributed by atoms with van der Waals surface area (Å²) in [5.74, 6) is 0. The maximum atomic E-state index is 8.96. The van der Waals surface area contributed by atoms with Gasteiger partial charge in [-0.3, -0.25) is 0 Å². The number of hydrogen-bond acceptors (Lipinski definition) is 2.